The Morgan fingerprint density at radius 1 is 0.980 bits per heavy atom. The fraction of sp³-hybridized carbons (Fsp3) is 0.676. The summed E-state index contributed by atoms with van der Waals surface area (Å²) < 4.78 is 69.4. The molecular formula is C37H60F4N4O2SiSn. The molecule has 2 heterocycles. The van der Waals surface area contributed by atoms with Crippen molar-refractivity contribution in [3.8, 4) is 5.88 Å². The zero-order chi connectivity index (χ0) is 36.6. The molecule has 1 aromatic carbocycles. The van der Waals surface area contributed by atoms with E-state index in [1.165, 1.54) is 0 Å². The third kappa shape index (κ3) is 11.3. The van der Waals surface area contributed by atoms with Gasteiger partial charge in [-0.25, -0.2) is 0 Å². The second kappa shape index (κ2) is 18.1. The van der Waals surface area contributed by atoms with Crippen molar-refractivity contribution >= 4 is 47.3 Å². The van der Waals surface area contributed by atoms with E-state index in [2.05, 4.69) is 81.4 Å². The zero-order valence-corrected chi connectivity index (χ0v) is 35.2. The van der Waals surface area contributed by atoms with Crippen LogP contribution in [0.2, 0.25) is 39.0 Å². The van der Waals surface area contributed by atoms with Gasteiger partial charge in [0.05, 0.1) is 0 Å². The van der Waals surface area contributed by atoms with E-state index in [4.69, 9.17) is 4.74 Å². The Hall–Kier alpha value is -1.86. The Bertz CT molecular complexity index is 1350. The number of hydrogen-bond acceptors (Lipinski definition) is 5. The van der Waals surface area contributed by atoms with Crippen LogP contribution in [-0.2, 0) is 6.18 Å². The van der Waals surface area contributed by atoms with E-state index in [1.54, 1.807) is 6.07 Å². The van der Waals surface area contributed by atoms with Gasteiger partial charge in [0, 0.05) is 8.07 Å². The second-order valence-electron chi connectivity index (χ2n) is 15.4. The van der Waals surface area contributed by atoms with E-state index in [-0.39, 0.29) is 30.4 Å². The number of carbonyl (C=O) groups is 1. The molecule has 1 aliphatic heterocycles. The maximum absolute atomic E-state index is 16.7. The summed E-state index contributed by atoms with van der Waals surface area (Å²) >= 11 is -3.38. The number of halogens is 4. The number of unbranched alkanes of at least 4 members (excludes halogenated alkanes) is 3. The molecule has 1 saturated heterocycles. The fourth-order valence-electron chi connectivity index (χ4n) is 6.84. The predicted molar refractivity (Wildman–Crippen MR) is 201 cm³/mol. The molecule has 6 nitrogen and oxygen atoms in total. The molecule has 276 valence electrons. The van der Waals surface area contributed by atoms with E-state index in [0.29, 0.717) is 24.5 Å². The third-order valence-corrected chi connectivity index (χ3v) is 27.4. The topological polar surface area (TPSA) is 57.7 Å². The summed E-state index contributed by atoms with van der Waals surface area (Å²) in [5, 5.41) is 2.87. The molecule has 12 heteroatoms. The summed E-state index contributed by atoms with van der Waals surface area (Å²) in [6.07, 6.45) is 2.26. The fourth-order valence-corrected chi connectivity index (χ4v) is 23.8. The van der Waals surface area contributed by atoms with Crippen LogP contribution in [0.25, 0.3) is 0 Å². The van der Waals surface area contributed by atoms with Crippen molar-refractivity contribution in [3.63, 3.8) is 0 Å². The van der Waals surface area contributed by atoms with E-state index in [1.807, 2.05) is 6.07 Å². The van der Waals surface area contributed by atoms with Gasteiger partial charge in [-0.15, -0.1) is 0 Å². The molecule has 1 aliphatic rings. The number of benzene rings is 1. The molecule has 0 aliphatic carbocycles. The molecule has 2 aromatic rings. The number of anilines is 2. The number of aromatic nitrogens is 1. The molecule has 1 N–H and O–H groups in total. The van der Waals surface area contributed by atoms with Crippen LogP contribution in [0.3, 0.4) is 0 Å². The van der Waals surface area contributed by atoms with Gasteiger partial charge < -0.3 is 0 Å². The molecule has 0 spiro atoms. The Labute approximate surface area is 297 Å². The van der Waals surface area contributed by atoms with Gasteiger partial charge in [-0.1, -0.05) is 19.6 Å². The van der Waals surface area contributed by atoms with Gasteiger partial charge >= 0.3 is 271 Å². The summed E-state index contributed by atoms with van der Waals surface area (Å²) in [5.74, 6) is -1.31. The van der Waals surface area contributed by atoms with Gasteiger partial charge in [0.1, 0.15) is 0 Å². The Balaban J connectivity index is 2.16. The number of nitrogens with one attached hydrogen (secondary N) is 1. The number of alkyl halides is 3. The first-order valence-corrected chi connectivity index (χ1v) is 29.5. The number of ether oxygens (including phenoxy) is 1. The predicted octanol–water partition coefficient (Wildman–Crippen LogP) is 9.79. The molecule has 3 rings (SSSR count). The number of likely N-dealkylation sites (N-methyl/N-ethyl adjacent to an activating group) is 1. The average molecular weight is 816 g/mol. The van der Waals surface area contributed by atoms with Crippen LogP contribution in [0.5, 0.6) is 5.88 Å². The van der Waals surface area contributed by atoms with Crippen molar-refractivity contribution in [2.45, 2.75) is 130 Å². The van der Waals surface area contributed by atoms with Crippen molar-refractivity contribution in [2.24, 2.45) is 0 Å². The Morgan fingerprint density at radius 2 is 1.53 bits per heavy atom. The van der Waals surface area contributed by atoms with Crippen LogP contribution in [0.4, 0.5) is 28.9 Å². The molecule has 0 unspecified atom stereocenters. The quantitative estimate of drug-likeness (QED) is 0.127. The number of piperazine rings is 1. The van der Waals surface area contributed by atoms with Gasteiger partial charge in [-0.05, 0) is 0 Å². The van der Waals surface area contributed by atoms with Crippen LogP contribution in [0.15, 0.2) is 24.4 Å². The van der Waals surface area contributed by atoms with Crippen LogP contribution in [0, 0.1) is 5.82 Å². The molecule has 49 heavy (non-hydrogen) atoms. The Kier molecular flexibility index (Phi) is 15.3. The molecule has 0 bridgehead atoms. The summed E-state index contributed by atoms with van der Waals surface area (Å²) in [6.45, 7) is 18.6. The van der Waals surface area contributed by atoms with Gasteiger partial charge in [0.2, 0.25) is 0 Å². The van der Waals surface area contributed by atoms with Gasteiger partial charge in [0.25, 0.3) is 0 Å². The first kappa shape index (κ1) is 41.6. The van der Waals surface area contributed by atoms with Crippen molar-refractivity contribution in [1.82, 2.24) is 9.88 Å². The number of carbonyl (C=O) groups excluding carboxylic acids is 1. The molecule has 1 fully saturated rings. The summed E-state index contributed by atoms with van der Waals surface area (Å²) in [5.41, 5.74) is -0.800. The van der Waals surface area contributed by atoms with Crippen LogP contribution >= 0.6 is 0 Å². The summed E-state index contributed by atoms with van der Waals surface area (Å²) in [4.78, 5) is 22.4. The normalized spacial score (nSPS) is 17.8. The van der Waals surface area contributed by atoms with E-state index in [9.17, 15) is 18.0 Å². The monoisotopic (exact) mass is 816 g/mol. The minimum atomic E-state index is -4.81. The summed E-state index contributed by atoms with van der Waals surface area (Å²) in [6, 6.07) is 5.27. The van der Waals surface area contributed by atoms with Crippen molar-refractivity contribution in [1.29, 1.82) is 0 Å². The Morgan fingerprint density at radius 3 is 2.02 bits per heavy atom. The maximum atomic E-state index is 16.7. The van der Waals surface area contributed by atoms with Crippen molar-refractivity contribution in [2.75, 3.05) is 37.0 Å². The molecule has 2 atom stereocenters. The number of pyridine rings is 1. The van der Waals surface area contributed by atoms with Crippen LogP contribution in [-0.4, -0.2) is 81.1 Å². The minimum absolute atomic E-state index is 0.154. The molecule has 0 radical (unpaired) electrons. The van der Waals surface area contributed by atoms with Gasteiger partial charge in [-0.2, -0.15) is 0 Å². The molecular weight excluding hydrogens is 755 g/mol. The zero-order valence-electron chi connectivity index (χ0n) is 31.3. The average Bonchev–Trinajstić information content (AvgIpc) is 3.03. The molecule has 1 aromatic heterocycles. The standard InChI is InChI=1S/C25H33F4N4O2Si.3C4H9.Sn/c1-16-14-33(15-17(2)32(16)3)22-11-18(26)7-8-21(22)31-24(34)19-13-30-23(12-20(19)25(27,28)29)35-9-10-36(4,5)6;3*1-3-4-2;/h8,11-13,16-17H,9-10,14-15H2,1-6H3,(H,31,34);3*1,3-4H2,2H3;/t16-,17+;;;;. The van der Waals surface area contributed by atoms with Crippen molar-refractivity contribution < 1.29 is 27.1 Å². The third-order valence-electron chi connectivity index (χ3n) is 10.2. The van der Waals surface area contributed by atoms with Crippen LogP contribution in [0.1, 0.15) is 89.1 Å². The number of hydrogen-bond donors (Lipinski definition) is 1. The number of rotatable bonds is 17. The first-order chi connectivity index (χ1) is 23.0. The number of amides is 1. The van der Waals surface area contributed by atoms with Crippen molar-refractivity contribution in [3.05, 3.63) is 41.3 Å². The van der Waals surface area contributed by atoms with E-state index < -0.39 is 49.7 Å². The van der Waals surface area contributed by atoms with Gasteiger partial charge in [-0.3, -0.25) is 0 Å². The second-order valence-corrected chi connectivity index (χ2v) is 34.1. The van der Waals surface area contributed by atoms with E-state index >= 15 is 4.39 Å². The SMILES string of the molecule is CCC[CH2][Sn]([CH2]CCC)([CH2]CCC)[c]1cc(NC(=O)c2cnc(OCC[Si](C)(C)C)cc2C(F)(F)F)c(N2C[C@@H](C)N(C)[C@@H](C)C2)cc1F. The molecule has 0 saturated carbocycles. The molecule has 1 amide bonds. The van der Waals surface area contributed by atoms with E-state index in [0.717, 1.165) is 73.7 Å². The summed E-state index contributed by atoms with van der Waals surface area (Å²) in [7, 11) is 0.577. The number of nitrogens with zero attached hydrogens (tertiary/aromatic N) is 3. The first-order valence-electron chi connectivity index (χ1n) is 18.3. The van der Waals surface area contributed by atoms with Crippen LogP contribution < -0.4 is 18.5 Å². The van der Waals surface area contributed by atoms with Gasteiger partial charge in [0.15, 0.2) is 0 Å².